The summed E-state index contributed by atoms with van der Waals surface area (Å²) in [4.78, 5) is 12.0. The topological polar surface area (TPSA) is 35.2 Å². The number of benzene rings is 2. The minimum absolute atomic E-state index is 0.150. The van der Waals surface area contributed by atoms with Crippen molar-refractivity contribution in [3.8, 4) is 0 Å². The number of H-pyrrole nitrogens is 1. The van der Waals surface area contributed by atoms with Gasteiger partial charge in [-0.15, -0.1) is 0 Å². The fourth-order valence-electron chi connectivity index (χ4n) is 3.81. The Kier molecular flexibility index (Phi) is 5.26. The number of hydrogen-bond acceptors (Lipinski definition) is 3. The number of aromatic amines is 1. The second-order valence-corrected chi connectivity index (χ2v) is 9.00. The molecule has 0 spiro atoms. The van der Waals surface area contributed by atoms with Gasteiger partial charge >= 0.3 is 6.18 Å². The highest BCUT2D eigenvalue weighted by molar-refractivity contribution is 5.78. The van der Waals surface area contributed by atoms with Crippen LogP contribution in [0, 0.1) is 0 Å². The molecule has 0 aliphatic carbocycles. The molecular weight excluding hydrogens is 389 g/mol. The molecule has 0 radical (unpaired) electrons. The lowest BCUT2D eigenvalue weighted by atomic mass is 9.87. The number of rotatable bonds is 3. The van der Waals surface area contributed by atoms with Crippen molar-refractivity contribution in [2.45, 2.75) is 38.9 Å². The molecule has 0 saturated carbocycles. The Hall–Kier alpha value is -2.54. The van der Waals surface area contributed by atoms with Crippen molar-refractivity contribution in [3.63, 3.8) is 0 Å². The van der Waals surface area contributed by atoms with Crippen molar-refractivity contribution >= 4 is 17.0 Å². The van der Waals surface area contributed by atoms with Gasteiger partial charge in [-0.3, -0.25) is 4.90 Å². The van der Waals surface area contributed by atoms with Gasteiger partial charge in [0.2, 0.25) is 5.95 Å². The molecule has 1 aliphatic heterocycles. The molecule has 0 bridgehead atoms. The average Bonchev–Trinajstić information content (AvgIpc) is 3.11. The number of hydrogen-bond donors (Lipinski definition) is 1. The van der Waals surface area contributed by atoms with E-state index in [1.807, 2.05) is 0 Å². The van der Waals surface area contributed by atoms with E-state index in [0.29, 0.717) is 17.0 Å². The molecule has 1 saturated heterocycles. The van der Waals surface area contributed by atoms with E-state index in [1.165, 1.54) is 17.2 Å². The molecule has 1 fully saturated rings. The smallest absolute Gasteiger partial charge is 0.340 e. The van der Waals surface area contributed by atoms with Gasteiger partial charge in [0.15, 0.2) is 0 Å². The number of aromatic nitrogens is 2. The predicted molar refractivity (Wildman–Crippen MR) is 114 cm³/mol. The van der Waals surface area contributed by atoms with Gasteiger partial charge in [0.1, 0.15) is 0 Å². The first-order valence-electron chi connectivity index (χ1n) is 10.2. The maximum absolute atomic E-state index is 12.9. The van der Waals surface area contributed by atoms with Gasteiger partial charge in [0.25, 0.3) is 0 Å². The first-order chi connectivity index (χ1) is 14.1. The average molecular weight is 416 g/mol. The van der Waals surface area contributed by atoms with Crippen LogP contribution in [0.5, 0.6) is 0 Å². The van der Waals surface area contributed by atoms with Crippen LogP contribution in [0.1, 0.15) is 37.5 Å². The SMILES string of the molecule is CC(C)(C)c1ccc(CN2CCN(c3nc4ccc(C(F)(F)F)cc4[nH]3)CC2)cc1. The molecule has 2 heterocycles. The van der Waals surface area contributed by atoms with Crippen LogP contribution in [0.2, 0.25) is 0 Å². The highest BCUT2D eigenvalue weighted by atomic mass is 19.4. The highest BCUT2D eigenvalue weighted by Crippen LogP contribution is 2.31. The molecule has 3 aromatic rings. The molecule has 160 valence electrons. The monoisotopic (exact) mass is 416 g/mol. The van der Waals surface area contributed by atoms with Crippen molar-refractivity contribution in [1.82, 2.24) is 14.9 Å². The zero-order valence-corrected chi connectivity index (χ0v) is 17.6. The molecular formula is C23H27F3N4. The number of halogens is 3. The van der Waals surface area contributed by atoms with Crippen LogP contribution in [-0.4, -0.2) is 41.0 Å². The van der Waals surface area contributed by atoms with Crippen LogP contribution < -0.4 is 4.90 Å². The molecule has 0 amide bonds. The van der Waals surface area contributed by atoms with E-state index in [9.17, 15) is 13.2 Å². The van der Waals surface area contributed by atoms with Crippen LogP contribution in [0.4, 0.5) is 19.1 Å². The summed E-state index contributed by atoms with van der Waals surface area (Å²) in [6.45, 7) is 10.9. The van der Waals surface area contributed by atoms with E-state index < -0.39 is 11.7 Å². The molecule has 0 atom stereocenters. The molecule has 1 aliphatic rings. The standard InChI is InChI=1S/C23H27F3N4/c1-22(2,3)17-6-4-16(5-7-17)15-29-10-12-30(13-11-29)21-27-19-9-8-18(23(24,25)26)14-20(19)28-21/h4-9,14H,10-13,15H2,1-3H3,(H,27,28). The summed E-state index contributed by atoms with van der Waals surface area (Å²) in [5, 5.41) is 0. The van der Waals surface area contributed by atoms with Crippen LogP contribution in [0.25, 0.3) is 11.0 Å². The molecule has 1 aromatic heterocycles. The summed E-state index contributed by atoms with van der Waals surface area (Å²) in [6.07, 6.45) is -4.35. The number of alkyl halides is 3. The quantitative estimate of drug-likeness (QED) is 0.637. The van der Waals surface area contributed by atoms with Crippen molar-refractivity contribution in [3.05, 3.63) is 59.2 Å². The van der Waals surface area contributed by atoms with Crippen LogP contribution >= 0.6 is 0 Å². The van der Waals surface area contributed by atoms with Gasteiger partial charge in [0, 0.05) is 32.7 Å². The molecule has 30 heavy (non-hydrogen) atoms. The third-order valence-electron chi connectivity index (χ3n) is 5.69. The van der Waals surface area contributed by atoms with Crippen molar-refractivity contribution in [2.75, 3.05) is 31.1 Å². The van der Waals surface area contributed by atoms with Gasteiger partial charge in [-0.05, 0) is 34.7 Å². The molecule has 2 aromatic carbocycles. The Morgan fingerprint density at radius 3 is 2.13 bits per heavy atom. The van der Waals surface area contributed by atoms with E-state index in [4.69, 9.17) is 0 Å². The summed E-state index contributed by atoms with van der Waals surface area (Å²) in [5.74, 6) is 0.638. The van der Waals surface area contributed by atoms with E-state index in [1.54, 1.807) is 0 Å². The summed E-state index contributed by atoms with van der Waals surface area (Å²) in [5.41, 5.74) is 3.08. The van der Waals surface area contributed by atoms with Gasteiger partial charge in [0.05, 0.1) is 16.6 Å². The predicted octanol–water partition coefficient (Wildman–Crippen LogP) is 5.20. The van der Waals surface area contributed by atoms with Crippen LogP contribution in [0.3, 0.4) is 0 Å². The number of piperazine rings is 1. The molecule has 7 heteroatoms. The Balaban J connectivity index is 1.38. The largest absolute Gasteiger partial charge is 0.416 e. The van der Waals surface area contributed by atoms with E-state index >= 15 is 0 Å². The normalized spacial score (nSPS) is 16.4. The minimum atomic E-state index is -4.35. The van der Waals surface area contributed by atoms with Crippen molar-refractivity contribution in [1.29, 1.82) is 0 Å². The molecule has 1 N–H and O–H groups in total. The number of anilines is 1. The Labute approximate surface area is 174 Å². The third-order valence-corrected chi connectivity index (χ3v) is 5.69. The summed E-state index contributed by atoms with van der Waals surface area (Å²) in [7, 11) is 0. The fourth-order valence-corrected chi connectivity index (χ4v) is 3.81. The maximum atomic E-state index is 12.9. The molecule has 4 nitrogen and oxygen atoms in total. The van der Waals surface area contributed by atoms with E-state index in [-0.39, 0.29) is 5.41 Å². The Morgan fingerprint density at radius 2 is 1.53 bits per heavy atom. The van der Waals surface area contributed by atoms with Gasteiger partial charge in [-0.2, -0.15) is 13.2 Å². The van der Waals surface area contributed by atoms with Crippen LogP contribution in [-0.2, 0) is 18.1 Å². The lowest BCUT2D eigenvalue weighted by Gasteiger charge is -2.34. The summed E-state index contributed by atoms with van der Waals surface area (Å²) >= 11 is 0. The zero-order valence-electron chi connectivity index (χ0n) is 17.6. The lowest BCUT2D eigenvalue weighted by Crippen LogP contribution is -2.46. The summed E-state index contributed by atoms with van der Waals surface area (Å²) in [6, 6.07) is 12.4. The van der Waals surface area contributed by atoms with Gasteiger partial charge in [-0.25, -0.2) is 4.98 Å². The minimum Gasteiger partial charge on any atom is -0.340 e. The Bertz CT molecular complexity index is 1010. The first kappa shape index (κ1) is 20.7. The molecule has 4 rings (SSSR count). The number of imidazole rings is 1. The maximum Gasteiger partial charge on any atom is 0.416 e. The number of fused-ring (bicyclic) bond motifs is 1. The lowest BCUT2D eigenvalue weighted by molar-refractivity contribution is -0.137. The zero-order chi connectivity index (χ0) is 21.5. The van der Waals surface area contributed by atoms with E-state index in [0.717, 1.165) is 44.9 Å². The van der Waals surface area contributed by atoms with Gasteiger partial charge < -0.3 is 9.88 Å². The van der Waals surface area contributed by atoms with Crippen molar-refractivity contribution in [2.24, 2.45) is 0 Å². The van der Waals surface area contributed by atoms with Crippen molar-refractivity contribution < 1.29 is 13.2 Å². The second kappa shape index (κ2) is 7.61. The van der Waals surface area contributed by atoms with E-state index in [2.05, 4.69) is 64.8 Å². The third kappa shape index (κ3) is 4.46. The first-order valence-corrected chi connectivity index (χ1v) is 10.2. The van der Waals surface area contributed by atoms with Gasteiger partial charge in [-0.1, -0.05) is 45.0 Å². The number of nitrogens with one attached hydrogen (secondary N) is 1. The summed E-state index contributed by atoms with van der Waals surface area (Å²) < 4.78 is 38.8. The highest BCUT2D eigenvalue weighted by Gasteiger charge is 2.31. The second-order valence-electron chi connectivity index (χ2n) is 9.00. The Morgan fingerprint density at radius 1 is 0.900 bits per heavy atom. The molecule has 0 unspecified atom stereocenters. The fraction of sp³-hybridized carbons (Fsp3) is 0.435. The van der Waals surface area contributed by atoms with Crippen LogP contribution in [0.15, 0.2) is 42.5 Å². The number of nitrogens with zero attached hydrogens (tertiary/aromatic N) is 3.